The third-order valence-electron chi connectivity index (χ3n) is 3.24. The molecule has 1 aliphatic heterocycles. The highest BCUT2D eigenvalue weighted by molar-refractivity contribution is 7.13. The molecule has 1 fully saturated rings. The van der Waals surface area contributed by atoms with Crippen molar-refractivity contribution < 1.29 is 14.3 Å². The Morgan fingerprint density at radius 3 is 2.95 bits per heavy atom. The Morgan fingerprint density at radius 1 is 1.47 bits per heavy atom. The smallest absolute Gasteiger partial charge is 0.273 e. The summed E-state index contributed by atoms with van der Waals surface area (Å²) >= 11 is 1.43. The summed E-state index contributed by atoms with van der Waals surface area (Å²) in [6.07, 6.45) is 4.21. The zero-order valence-electron chi connectivity index (χ0n) is 10.3. The summed E-state index contributed by atoms with van der Waals surface area (Å²) in [4.78, 5) is 18.4. The molecule has 0 atom stereocenters. The van der Waals surface area contributed by atoms with E-state index in [1.54, 1.807) is 22.8 Å². The first-order valence-corrected chi connectivity index (χ1v) is 7.07. The molecular weight excluding hydrogens is 264 g/mol. The molecule has 0 bridgehead atoms. The number of aromatic nitrogens is 1. The second-order valence-corrected chi connectivity index (χ2v) is 5.43. The molecule has 1 N–H and O–H groups in total. The van der Waals surface area contributed by atoms with Crippen molar-refractivity contribution in [2.24, 2.45) is 0 Å². The normalized spacial score (nSPS) is 16.8. The predicted molar refractivity (Wildman–Crippen MR) is 71.0 cm³/mol. The molecule has 0 aromatic carbocycles. The standard InChI is InChI=1S/C13H14N2O3S/c16-10-1-4-15(5-2-10)13(17)11-8-19-12(14-11)9-3-6-18-7-9/h3,6-8,10,16H,1-2,4-5H2. The molecule has 0 saturated carbocycles. The Kier molecular flexibility index (Phi) is 3.35. The summed E-state index contributed by atoms with van der Waals surface area (Å²) in [5, 5.41) is 12.0. The first-order valence-electron chi connectivity index (χ1n) is 6.19. The Hall–Kier alpha value is -1.66. The topological polar surface area (TPSA) is 66.6 Å². The van der Waals surface area contributed by atoms with Gasteiger partial charge in [0.2, 0.25) is 0 Å². The van der Waals surface area contributed by atoms with Crippen LogP contribution in [0.15, 0.2) is 28.4 Å². The average Bonchev–Trinajstić information content (AvgIpc) is 3.10. The van der Waals surface area contributed by atoms with E-state index in [0.717, 1.165) is 10.6 Å². The number of hydrogen-bond acceptors (Lipinski definition) is 5. The maximum atomic E-state index is 12.3. The van der Waals surface area contributed by atoms with Crippen molar-refractivity contribution in [2.75, 3.05) is 13.1 Å². The van der Waals surface area contributed by atoms with Gasteiger partial charge < -0.3 is 14.4 Å². The third-order valence-corrected chi connectivity index (χ3v) is 4.13. The van der Waals surface area contributed by atoms with Crippen LogP contribution >= 0.6 is 11.3 Å². The first kappa shape index (κ1) is 12.4. The van der Waals surface area contributed by atoms with Gasteiger partial charge in [0.15, 0.2) is 0 Å². The lowest BCUT2D eigenvalue weighted by Gasteiger charge is -2.28. The maximum Gasteiger partial charge on any atom is 0.273 e. The molecule has 3 heterocycles. The van der Waals surface area contributed by atoms with E-state index in [9.17, 15) is 9.90 Å². The van der Waals surface area contributed by atoms with Gasteiger partial charge in [0.05, 0.1) is 12.4 Å². The van der Waals surface area contributed by atoms with E-state index in [1.807, 2.05) is 6.07 Å². The fourth-order valence-corrected chi connectivity index (χ4v) is 2.90. The summed E-state index contributed by atoms with van der Waals surface area (Å²) in [7, 11) is 0. The van der Waals surface area contributed by atoms with Gasteiger partial charge in [0.25, 0.3) is 5.91 Å². The fourth-order valence-electron chi connectivity index (χ4n) is 2.12. The van der Waals surface area contributed by atoms with Crippen LogP contribution in [0.4, 0.5) is 0 Å². The van der Waals surface area contributed by atoms with Crippen molar-refractivity contribution in [3.05, 3.63) is 29.7 Å². The highest BCUT2D eigenvalue weighted by Crippen LogP contribution is 2.25. The van der Waals surface area contributed by atoms with Crippen molar-refractivity contribution in [2.45, 2.75) is 18.9 Å². The molecule has 1 amide bonds. The van der Waals surface area contributed by atoms with Crippen LogP contribution < -0.4 is 0 Å². The maximum absolute atomic E-state index is 12.3. The number of rotatable bonds is 2. The minimum absolute atomic E-state index is 0.0575. The second-order valence-electron chi connectivity index (χ2n) is 4.57. The van der Waals surface area contributed by atoms with Gasteiger partial charge in [-0.05, 0) is 18.9 Å². The van der Waals surface area contributed by atoms with Crippen molar-refractivity contribution in [1.29, 1.82) is 0 Å². The van der Waals surface area contributed by atoms with Gasteiger partial charge in [0, 0.05) is 24.0 Å². The summed E-state index contributed by atoms with van der Waals surface area (Å²) in [5.41, 5.74) is 1.36. The minimum atomic E-state index is -0.277. The third kappa shape index (κ3) is 2.54. The van der Waals surface area contributed by atoms with E-state index < -0.39 is 0 Å². The van der Waals surface area contributed by atoms with E-state index in [1.165, 1.54) is 11.3 Å². The lowest BCUT2D eigenvalue weighted by molar-refractivity contribution is 0.0542. The lowest BCUT2D eigenvalue weighted by atomic mass is 10.1. The number of piperidine rings is 1. The van der Waals surface area contributed by atoms with Gasteiger partial charge in [-0.3, -0.25) is 4.79 Å². The Balaban J connectivity index is 1.74. The van der Waals surface area contributed by atoms with E-state index in [-0.39, 0.29) is 12.0 Å². The Morgan fingerprint density at radius 2 is 2.26 bits per heavy atom. The average molecular weight is 278 g/mol. The van der Waals surface area contributed by atoms with Crippen LogP contribution in [0.25, 0.3) is 10.6 Å². The largest absolute Gasteiger partial charge is 0.472 e. The van der Waals surface area contributed by atoms with Crippen molar-refractivity contribution in [3.8, 4) is 10.6 Å². The van der Waals surface area contributed by atoms with Gasteiger partial charge in [-0.15, -0.1) is 11.3 Å². The van der Waals surface area contributed by atoms with Gasteiger partial charge in [-0.25, -0.2) is 4.98 Å². The molecule has 0 unspecified atom stereocenters. The number of hydrogen-bond donors (Lipinski definition) is 1. The molecular formula is C13H14N2O3S. The number of aliphatic hydroxyl groups excluding tert-OH is 1. The summed E-state index contributed by atoms with van der Waals surface area (Å²) in [6, 6.07) is 1.82. The molecule has 1 saturated heterocycles. The lowest BCUT2D eigenvalue weighted by Crippen LogP contribution is -2.40. The monoisotopic (exact) mass is 278 g/mol. The van der Waals surface area contributed by atoms with Gasteiger partial charge in [-0.2, -0.15) is 0 Å². The molecule has 3 rings (SSSR count). The summed E-state index contributed by atoms with van der Waals surface area (Å²) in [6.45, 7) is 1.19. The van der Waals surface area contributed by atoms with E-state index in [4.69, 9.17) is 4.42 Å². The van der Waals surface area contributed by atoms with Crippen LogP contribution in [-0.2, 0) is 0 Å². The number of carbonyl (C=O) groups is 1. The highest BCUT2D eigenvalue weighted by atomic mass is 32.1. The van der Waals surface area contributed by atoms with Crippen LogP contribution in [0.2, 0.25) is 0 Å². The molecule has 100 valence electrons. The molecule has 5 nitrogen and oxygen atoms in total. The quantitative estimate of drug-likeness (QED) is 0.912. The molecule has 0 spiro atoms. The Labute approximate surface area is 114 Å². The van der Waals surface area contributed by atoms with E-state index >= 15 is 0 Å². The number of likely N-dealkylation sites (tertiary alicyclic amines) is 1. The number of amides is 1. The van der Waals surface area contributed by atoms with E-state index in [2.05, 4.69) is 4.98 Å². The zero-order chi connectivity index (χ0) is 13.2. The van der Waals surface area contributed by atoms with Gasteiger partial charge in [0.1, 0.15) is 17.0 Å². The molecule has 2 aromatic heterocycles. The second kappa shape index (κ2) is 5.14. The van der Waals surface area contributed by atoms with Crippen LogP contribution in [0.1, 0.15) is 23.3 Å². The van der Waals surface area contributed by atoms with Crippen LogP contribution in [0.3, 0.4) is 0 Å². The molecule has 0 aliphatic carbocycles. The molecule has 1 aliphatic rings. The SMILES string of the molecule is O=C(c1csc(-c2ccoc2)n1)N1CCC(O)CC1. The van der Waals surface area contributed by atoms with Crippen LogP contribution in [0.5, 0.6) is 0 Å². The van der Waals surface area contributed by atoms with Crippen LogP contribution in [0, 0.1) is 0 Å². The highest BCUT2D eigenvalue weighted by Gasteiger charge is 2.24. The molecule has 6 heteroatoms. The summed E-state index contributed by atoms with van der Waals surface area (Å²) in [5.74, 6) is -0.0575. The number of thiazole rings is 1. The number of nitrogens with zero attached hydrogens (tertiary/aromatic N) is 2. The summed E-state index contributed by atoms with van der Waals surface area (Å²) < 4.78 is 5.01. The van der Waals surface area contributed by atoms with E-state index in [0.29, 0.717) is 31.6 Å². The Bertz CT molecular complexity index is 556. The molecule has 19 heavy (non-hydrogen) atoms. The van der Waals surface area contributed by atoms with Crippen LogP contribution in [-0.4, -0.2) is 40.1 Å². The van der Waals surface area contributed by atoms with Gasteiger partial charge >= 0.3 is 0 Å². The molecule has 0 radical (unpaired) electrons. The van der Waals surface area contributed by atoms with Gasteiger partial charge in [-0.1, -0.05) is 0 Å². The number of carbonyl (C=O) groups excluding carboxylic acids is 1. The number of aliphatic hydroxyl groups is 1. The molecule has 2 aromatic rings. The zero-order valence-corrected chi connectivity index (χ0v) is 11.1. The first-order chi connectivity index (χ1) is 9.24. The van der Waals surface area contributed by atoms with Crippen molar-refractivity contribution in [1.82, 2.24) is 9.88 Å². The van der Waals surface area contributed by atoms with Crippen molar-refractivity contribution >= 4 is 17.2 Å². The fraction of sp³-hybridized carbons (Fsp3) is 0.385. The number of furan rings is 1. The predicted octanol–water partition coefficient (Wildman–Crippen LogP) is 2.00. The minimum Gasteiger partial charge on any atom is -0.472 e. The van der Waals surface area contributed by atoms with Crippen molar-refractivity contribution in [3.63, 3.8) is 0 Å².